The first-order valence-corrected chi connectivity index (χ1v) is 5.64. The number of alkyl halides is 3. The standard InChI is InChI=1S/C8H10Cl3NO2/c9-8(10,11)7-12-3-1-2-5(12)4-6(13)14-7/h5,7H,1-4H2/t5-,7+/m1/s1. The molecule has 2 heterocycles. The summed E-state index contributed by atoms with van der Waals surface area (Å²) >= 11 is 17.3. The molecule has 2 atom stereocenters. The smallest absolute Gasteiger partial charge is 0.309 e. The van der Waals surface area contributed by atoms with Crippen LogP contribution < -0.4 is 0 Å². The summed E-state index contributed by atoms with van der Waals surface area (Å²) in [6.45, 7) is 0.830. The lowest BCUT2D eigenvalue weighted by atomic mass is 10.1. The van der Waals surface area contributed by atoms with Crippen molar-refractivity contribution in [1.82, 2.24) is 4.90 Å². The number of cyclic esters (lactones) is 1. The van der Waals surface area contributed by atoms with E-state index in [2.05, 4.69) is 0 Å². The first-order chi connectivity index (χ1) is 6.48. The summed E-state index contributed by atoms with van der Waals surface area (Å²) in [6, 6.07) is 0.192. The number of rotatable bonds is 0. The Hall–Kier alpha value is 0.300. The van der Waals surface area contributed by atoms with E-state index in [0.717, 1.165) is 19.4 Å². The second-order valence-corrected chi connectivity index (χ2v) is 5.99. The minimum atomic E-state index is -1.56. The van der Waals surface area contributed by atoms with Crippen molar-refractivity contribution in [2.75, 3.05) is 6.54 Å². The van der Waals surface area contributed by atoms with Crippen molar-refractivity contribution in [3.8, 4) is 0 Å². The van der Waals surface area contributed by atoms with Gasteiger partial charge in [-0.1, -0.05) is 34.8 Å². The highest BCUT2D eigenvalue weighted by molar-refractivity contribution is 6.68. The fourth-order valence-electron chi connectivity index (χ4n) is 2.07. The van der Waals surface area contributed by atoms with Gasteiger partial charge in [-0.3, -0.25) is 9.69 Å². The van der Waals surface area contributed by atoms with Gasteiger partial charge in [0.15, 0.2) is 0 Å². The zero-order valence-corrected chi connectivity index (χ0v) is 9.65. The Bertz CT molecular complexity index is 253. The Morgan fingerprint density at radius 3 is 2.79 bits per heavy atom. The Balaban J connectivity index is 2.18. The van der Waals surface area contributed by atoms with Crippen molar-refractivity contribution < 1.29 is 9.53 Å². The summed E-state index contributed by atoms with van der Waals surface area (Å²) in [5, 5.41) is 0. The molecule has 2 saturated heterocycles. The number of carbonyl (C=O) groups excluding carboxylic acids is 1. The van der Waals surface area contributed by atoms with E-state index in [1.807, 2.05) is 4.90 Å². The van der Waals surface area contributed by atoms with E-state index in [-0.39, 0.29) is 12.0 Å². The minimum Gasteiger partial charge on any atom is -0.442 e. The van der Waals surface area contributed by atoms with E-state index in [0.29, 0.717) is 6.42 Å². The first-order valence-electron chi connectivity index (χ1n) is 4.50. The molecule has 0 aromatic rings. The average molecular weight is 259 g/mol. The summed E-state index contributed by atoms with van der Waals surface area (Å²) < 4.78 is 3.50. The second kappa shape index (κ2) is 3.71. The van der Waals surface area contributed by atoms with Crippen molar-refractivity contribution >= 4 is 40.8 Å². The summed E-state index contributed by atoms with van der Waals surface area (Å²) in [7, 11) is 0. The Morgan fingerprint density at radius 1 is 1.43 bits per heavy atom. The Labute approximate surface area is 97.2 Å². The van der Waals surface area contributed by atoms with Gasteiger partial charge in [0.05, 0.1) is 6.42 Å². The van der Waals surface area contributed by atoms with Crippen molar-refractivity contribution in [2.24, 2.45) is 0 Å². The third kappa shape index (κ3) is 1.96. The SMILES string of the molecule is O=C1C[C@H]2CCCN2[C@H](C(Cl)(Cl)Cl)O1. The van der Waals surface area contributed by atoms with Crippen LogP contribution in [0.25, 0.3) is 0 Å². The van der Waals surface area contributed by atoms with Crippen LogP contribution in [-0.4, -0.2) is 33.5 Å². The molecule has 0 spiro atoms. The lowest BCUT2D eigenvalue weighted by Gasteiger charge is -2.39. The second-order valence-electron chi connectivity index (χ2n) is 3.62. The molecule has 14 heavy (non-hydrogen) atoms. The van der Waals surface area contributed by atoms with E-state index in [1.165, 1.54) is 0 Å². The molecule has 2 rings (SSSR count). The molecule has 0 saturated carbocycles. The molecule has 3 nitrogen and oxygen atoms in total. The number of nitrogens with zero attached hydrogens (tertiary/aromatic N) is 1. The van der Waals surface area contributed by atoms with Gasteiger partial charge in [-0.05, 0) is 12.8 Å². The van der Waals surface area contributed by atoms with Crippen LogP contribution in [0.2, 0.25) is 0 Å². The summed E-state index contributed by atoms with van der Waals surface area (Å²) in [5.41, 5.74) is 0. The number of halogens is 3. The van der Waals surface area contributed by atoms with Gasteiger partial charge in [0.1, 0.15) is 0 Å². The molecule has 0 aromatic heterocycles. The molecule has 0 bridgehead atoms. The van der Waals surface area contributed by atoms with E-state index >= 15 is 0 Å². The number of hydrogen-bond acceptors (Lipinski definition) is 3. The zero-order valence-electron chi connectivity index (χ0n) is 7.38. The number of fused-ring (bicyclic) bond motifs is 1. The van der Waals surface area contributed by atoms with Crippen LogP contribution in [0.15, 0.2) is 0 Å². The molecule has 6 heteroatoms. The molecular weight excluding hydrogens is 248 g/mol. The van der Waals surface area contributed by atoms with Crippen molar-refractivity contribution in [3.05, 3.63) is 0 Å². The highest BCUT2D eigenvalue weighted by atomic mass is 35.6. The van der Waals surface area contributed by atoms with Crippen LogP contribution in [0.5, 0.6) is 0 Å². The molecule has 2 aliphatic heterocycles. The molecule has 80 valence electrons. The fourth-order valence-corrected chi connectivity index (χ4v) is 2.58. The minimum absolute atomic E-state index is 0.192. The van der Waals surface area contributed by atoms with Crippen molar-refractivity contribution in [3.63, 3.8) is 0 Å². The zero-order chi connectivity index (χ0) is 10.3. The lowest BCUT2D eigenvalue weighted by Crippen LogP contribution is -2.53. The lowest BCUT2D eigenvalue weighted by molar-refractivity contribution is -0.172. The third-order valence-corrected chi connectivity index (χ3v) is 3.21. The quantitative estimate of drug-likeness (QED) is 0.492. The maximum Gasteiger partial charge on any atom is 0.309 e. The molecule has 0 aliphatic carbocycles. The van der Waals surface area contributed by atoms with Gasteiger partial charge < -0.3 is 4.74 Å². The molecule has 2 fully saturated rings. The molecule has 2 aliphatic rings. The number of carbonyl (C=O) groups is 1. The molecule has 0 amide bonds. The Kier molecular flexibility index (Phi) is 2.86. The van der Waals surface area contributed by atoms with E-state index < -0.39 is 10.0 Å². The predicted molar refractivity (Wildman–Crippen MR) is 54.5 cm³/mol. The molecule has 0 N–H and O–H groups in total. The number of esters is 1. The molecule has 0 aromatic carbocycles. The van der Waals surface area contributed by atoms with Gasteiger partial charge in [0.25, 0.3) is 0 Å². The highest BCUT2D eigenvalue weighted by Crippen LogP contribution is 2.40. The summed E-state index contributed by atoms with van der Waals surface area (Å²) in [5.74, 6) is -0.274. The van der Waals surface area contributed by atoms with Crippen LogP contribution in [-0.2, 0) is 9.53 Å². The Morgan fingerprint density at radius 2 is 2.14 bits per heavy atom. The van der Waals surface area contributed by atoms with Crippen LogP contribution in [0, 0.1) is 0 Å². The van der Waals surface area contributed by atoms with Crippen LogP contribution in [0.4, 0.5) is 0 Å². The van der Waals surface area contributed by atoms with Gasteiger partial charge in [-0.2, -0.15) is 0 Å². The third-order valence-electron chi connectivity index (χ3n) is 2.65. The maximum atomic E-state index is 11.2. The van der Waals surface area contributed by atoms with Crippen molar-refractivity contribution in [1.29, 1.82) is 0 Å². The number of ether oxygens (including phenoxy) is 1. The molecule has 0 radical (unpaired) electrons. The van der Waals surface area contributed by atoms with Crippen LogP contribution in [0.3, 0.4) is 0 Å². The van der Waals surface area contributed by atoms with Gasteiger partial charge in [0, 0.05) is 12.6 Å². The van der Waals surface area contributed by atoms with Gasteiger partial charge in [0.2, 0.25) is 10.0 Å². The van der Waals surface area contributed by atoms with Gasteiger partial charge >= 0.3 is 5.97 Å². The fraction of sp³-hybridized carbons (Fsp3) is 0.875. The summed E-state index contributed by atoms with van der Waals surface area (Å²) in [4.78, 5) is 13.2. The summed E-state index contributed by atoms with van der Waals surface area (Å²) in [6.07, 6.45) is 1.70. The monoisotopic (exact) mass is 257 g/mol. The van der Waals surface area contributed by atoms with E-state index in [9.17, 15) is 4.79 Å². The van der Waals surface area contributed by atoms with Crippen molar-refractivity contribution in [2.45, 2.75) is 35.3 Å². The van der Waals surface area contributed by atoms with E-state index in [4.69, 9.17) is 39.5 Å². The number of hydrogen-bond donors (Lipinski definition) is 0. The molecule has 0 unspecified atom stereocenters. The largest absolute Gasteiger partial charge is 0.442 e. The first kappa shape index (κ1) is 10.8. The van der Waals surface area contributed by atoms with Gasteiger partial charge in [-0.15, -0.1) is 0 Å². The average Bonchev–Trinajstić information content (AvgIpc) is 2.47. The van der Waals surface area contributed by atoms with E-state index in [1.54, 1.807) is 0 Å². The normalized spacial score (nSPS) is 34.1. The predicted octanol–water partition coefficient (Wildman–Crippen LogP) is 2.09. The molecular formula is C8H10Cl3NO2. The highest BCUT2D eigenvalue weighted by Gasteiger charge is 2.48. The van der Waals surface area contributed by atoms with Gasteiger partial charge in [-0.25, -0.2) is 0 Å². The topological polar surface area (TPSA) is 29.5 Å². The van der Waals surface area contributed by atoms with Crippen LogP contribution in [0.1, 0.15) is 19.3 Å². The maximum absolute atomic E-state index is 11.2. The van der Waals surface area contributed by atoms with Crippen LogP contribution >= 0.6 is 34.8 Å².